The van der Waals surface area contributed by atoms with Crippen molar-refractivity contribution in [3.05, 3.63) is 12.3 Å². The second kappa shape index (κ2) is 7.70. The molecule has 0 aliphatic carbocycles. The Balaban J connectivity index is 3.40. The smallest absolute Gasteiger partial charge is 0.0432 e. The molecule has 74 valence electrons. The minimum Gasteiger partial charge on any atom is -0.388 e. The molecule has 0 aliphatic heterocycles. The summed E-state index contributed by atoms with van der Waals surface area (Å²) < 4.78 is 0. The molecule has 0 amide bonds. The maximum absolute atomic E-state index is 3.93. The zero-order valence-electron chi connectivity index (χ0n) is 8.91. The maximum Gasteiger partial charge on any atom is 0.0432 e. The Bertz CT molecular complexity index is 198. The summed E-state index contributed by atoms with van der Waals surface area (Å²) in [6.45, 7) is 8.85. The van der Waals surface area contributed by atoms with Crippen molar-refractivity contribution in [2.24, 2.45) is 0 Å². The van der Waals surface area contributed by atoms with Crippen LogP contribution in [0.3, 0.4) is 0 Å². The van der Waals surface area contributed by atoms with E-state index in [9.17, 15) is 0 Å². The lowest BCUT2D eigenvalue weighted by molar-refractivity contribution is 0.616. The largest absolute Gasteiger partial charge is 0.388 e. The average molecular weight is 180 g/mol. The van der Waals surface area contributed by atoms with Gasteiger partial charge in [-0.15, -0.1) is 11.8 Å². The molecule has 2 nitrogen and oxygen atoms in total. The van der Waals surface area contributed by atoms with Gasteiger partial charge in [-0.1, -0.05) is 6.58 Å². The second-order valence-corrected chi connectivity index (χ2v) is 2.99. The van der Waals surface area contributed by atoms with Crippen LogP contribution in [-0.2, 0) is 0 Å². The van der Waals surface area contributed by atoms with Gasteiger partial charge in [0.25, 0.3) is 0 Å². The normalized spacial score (nSPS) is 11.3. The van der Waals surface area contributed by atoms with Gasteiger partial charge < -0.3 is 10.6 Å². The van der Waals surface area contributed by atoms with Crippen molar-refractivity contribution < 1.29 is 0 Å². The fraction of sp³-hybridized carbons (Fsp3) is 0.636. The molecule has 0 aromatic rings. The summed E-state index contributed by atoms with van der Waals surface area (Å²) in [7, 11) is 1.93. The van der Waals surface area contributed by atoms with Gasteiger partial charge in [0.2, 0.25) is 0 Å². The molecule has 0 fully saturated rings. The Labute approximate surface area is 81.8 Å². The van der Waals surface area contributed by atoms with Gasteiger partial charge in [-0.2, -0.15) is 0 Å². The first-order valence-electron chi connectivity index (χ1n) is 4.72. The van der Waals surface area contributed by atoms with E-state index in [1.54, 1.807) is 0 Å². The van der Waals surface area contributed by atoms with Crippen molar-refractivity contribution in [1.82, 2.24) is 10.6 Å². The molecule has 0 saturated heterocycles. The topological polar surface area (TPSA) is 24.1 Å². The SMILES string of the molecule is C=C(NCCCC#CC)[C@H](C)NC. The Morgan fingerprint density at radius 3 is 2.77 bits per heavy atom. The second-order valence-electron chi connectivity index (χ2n) is 2.99. The molecule has 0 heterocycles. The predicted molar refractivity (Wildman–Crippen MR) is 58.3 cm³/mol. The molecule has 0 spiro atoms. The Morgan fingerprint density at radius 1 is 1.54 bits per heavy atom. The fourth-order valence-electron chi connectivity index (χ4n) is 0.878. The molecule has 0 unspecified atom stereocenters. The quantitative estimate of drug-likeness (QED) is 0.478. The van der Waals surface area contributed by atoms with Crippen LogP contribution >= 0.6 is 0 Å². The van der Waals surface area contributed by atoms with Gasteiger partial charge in [0.05, 0.1) is 0 Å². The van der Waals surface area contributed by atoms with E-state index in [1.807, 2.05) is 14.0 Å². The molecule has 1 atom stereocenters. The summed E-state index contributed by atoms with van der Waals surface area (Å²) in [4.78, 5) is 0. The summed E-state index contributed by atoms with van der Waals surface area (Å²) in [5.41, 5.74) is 1.05. The molecule has 0 aromatic heterocycles. The monoisotopic (exact) mass is 180 g/mol. The van der Waals surface area contributed by atoms with Gasteiger partial charge in [-0.25, -0.2) is 0 Å². The van der Waals surface area contributed by atoms with E-state index in [0.717, 1.165) is 25.1 Å². The van der Waals surface area contributed by atoms with Crippen LogP contribution in [0.1, 0.15) is 26.7 Å². The lowest BCUT2D eigenvalue weighted by Crippen LogP contribution is -2.31. The first-order chi connectivity index (χ1) is 6.22. The lowest BCUT2D eigenvalue weighted by Gasteiger charge is -2.15. The van der Waals surface area contributed by atoms with Crippen LogP contribution in [0.15, 0.2) is 12.3 Å². The van der Waals surface area contributed by atoms with E-state index in [2.05, 4.69) is 36.0 Å². The van der Waals surface area contributed by atoms with Gasteiger partial charge in [-0.3, -0.25) is 0 Å². The van der Waals surface area contributed by atoms with E-state index in [1.165, 1.54) is 0 Å². The molecular formula is C11H20N2. The zero-order valence-corrected chi connectivity index (χ0v) is 8.91. The summed E-state index contributed by atoms with van der Waals surface area (Å²) in [6.07, 6.45) is 2.04. The van der Waals surface area contributed by atoms with Crippen LogP contribution in [0, 0.1) is 11.8 Å². The maximum atomic E-state index is 3.93. The highest BCUT2D eigenvalue weighted by molar-refractivity contribution is 5.01. The average Bonchev–Trinajstić information content (AvgIpc) is 2.16. The van der Waals surface area contributed by atoms with Crippen LogP contribution in [0.5, 0.6) is 0 Å². The molecule has 0 saturated carbocycles. The Hall–Kier alpha value is -0.940. The molecule has 0 bridgehead atoms. The molecule has 0 rings (SSSR count). The molecule has 2 N–H and O–H groups in total. The molecule has 0 aliphatic rings. The van der Waals surface area contributed by atoms with E-state index >= 15 is 0 Å². The third-order valence-electron chi connectivity index (χ3n) is 1.96. The number of nitrogens with one attached hydrogen (secondary N) is 2. The van der Waals surface area contributed by atoms with Gasteiger partial charge in [0, 0.05) is 24.7 Å². The molecule has 13 heavy (non-hydrogen) atoms. The van der Waals surface area contributed by atoms with E-state index in [4.69, 9.17) is 0 Å². The van der Waals surface area contributed by atoms with Crippen LogP contribution in [0.4, 0.5) is 0 Å². The fourth-order valence-corrected chi connectivity index (χ4v) is 0.878. The first kappa shape index (κ1) is 12.1. The van der Waals surface area contributed by atoms with Gasteiger partial charge in [0.15, 0.2) is 0 Å². The molecule has 0 aromatic carbocycles. The highest BCUT2D eigenvalue weighted by Gasteiger charge is 2.00. The van der Waals surface area contributed by atoms with E-state index in [0.29, 0.717) is 6.04 Å². The van der Waals surface area contributed by atoms with Gasteiger partial charge in [0.1, 0.15) is 0 Å². The van der Waals surface area contributed by atoms with Crippen LogP contribution in [0.25, 0.3) is 0 Å². The van der Waals surface area contributed by atoms with Crippen molar-refractivity contribution >= 4 is 0 Å². The van der Waals surface area contributed by atoms with Gasteiger partial charge in [-0.05, 0) is 27.3 Å². The standard InChI is InChI=1S/C11H20N2/c1-5-6-7-8-9-13-11(3)10(2)12-4/h10,12-13H,3,7-9H2,1-2,4H3/t10-/m0/s1. The highest BCUT2D eigenvalue weighted by atomic mass is 15.0. The van der Waals surface area contributed by atoms with E-state index < -0.39 is 0 Å². The number of unbranched alkanes of at least 4 members (excludes halogenated alkanes) is 1. The van der Waals surface area contributed by atoms with Crippen LogP contribution in [-0.4, -0.2) is 19.6 Å². The van der Waals surface area contributed by atoms with Crippen LogP contribution in [0.2, 0.25) is 0 Å². The van der Waals surface area contributed by atoms with Gasteiger partial charge >= 0.3 is 0 Å². The van der Waals surface area contributed by atoms with Crippen molar-refractivity contribution in [3.63, 3.8) is 0 Å². The number of likely N-dealkylation sites (N-methyl/N-ethyl adjacent to an activating group) is 1. The number of hydrogen-bond acceptors (Lipinski definition) is 2. The van der Waals surface area contributed by atoms with Crippen molar-refractivity contribution in [2.45, 2.75) is 32.7 Å². The number of rotatable bonds is 6. The third-order valence-corrected chi connectivity index (χ3v) is 1.96. The van der Waals surface area contributed by atoms with Crippen molar-refractivity contribution in [3.8, 4) is 11.8 Å². The summed E-state index contributed by atoms with van der Waals surface area (Å²) >= 11 is 0. The Morgan fingerprint density at radius 2 is 2.23 bits per heavy atom. The summed E-state index contributed by atoms with van der Waals surface area (Å²) in [5.74, 6) is 5.91. The summed E-state index contributed by atoms with van der Waals surface area (Å²) in [5, 5.41) is 6.39. The zero-order chi connectivity index (χ0) is 10.1. The first-order valence-corrected chi connectivity index (χ1v) is 4.72. The van der Waals surface area contributed by atoms with Crippen molar-refractivity contribution in [1.29, 1.82) is 0 Å². The number of hydrogen-bond donors (Lipinski definition) is 2. The minimum atomic E-state index is 0.331. The molecular weight excluding hydrogens is 160 g/mol. The third kappa shape index (κ3) is 6.24. The molecule has 0 radical (unpaired) electrons. The minimum absolute atomic E-state index is 0.331. The van der Waals surface area contributed by atoms with E-state index in [-0.39, 0.29) is 0 Å². The Kier molecular flexibility index (Phi) is 7.14. The van der Waals surface area contributed by atoms with Crippen molar-refractivity contribution in [2.75, 3.05) is 13.6 Å². The molecule has 2 heteroatoms. The summed E-state index contributed by atoms with van der Waals surface area (Å²) in [6, 6.07) is 0.331. The predicted octanol–water partition coefficient (Wildman–Crippen LogP) is 1.50. The van der Waals surface area contributed by atoms with Crippen LogP contribution < -0.4 is 10.6 Å². The highest BCUT2D eigenvalue weighted by Crippen LogP contribution is 1.93. The lowest BCUT2D eigenvalue weighted by atomic mass is 10.2.